The number of carbonyl (C=O) groups is 1. The van der Waals surface area contributed by atoms with Gasteiger partial charge in [0.15, 0.2) is 5.65 Å². The van der Waals surface area contributed by atoms with Crippen molar-refractivity contribution in [3.8, 4) is 0 Å². The van der Waals surface area contributed by atoms with E-state index in [-0.39, 0.29) is 11.4 Å². The van der Waals surface area contributed by atoms with Crippen LogP contribution < -0.4 is 5.32 Å². The highest BCUT2D eigenvalue weighted by Gasteiger charge is 2.28. The van der Waals surface area contributed by atoms with Crippen LogP contribution in [0.3, 0.4) is 0 Å². The zero-order chi connectivity index (χ0) is 17.3. The van der Waals surface area contributed by atoms with Crippen molar-refractivity contribution in [3.05, 3.63) is 23.5 Å². The first kappa shape index (κ1) is 16.9. The highest BCUT2D eigenvalue weighted by atomic mass is 16.5. The van der Waals surface area contributed by atoms with Gasteiger partial charge in [0.1, 0.15) is 0 Å². The predicted molar refractivity (Wildman–Crippen MR) is 92.1 cm³/mol. The molecular formula is C17H25N5O2. The normalized spacial score (nSPS) is 16.5. The molecule has 3 rings (SSSR count). The number of hydrogen-bond acceptors (Lipinski definition) is 5. The van der Waals surface area contributed by atoms with E-state index in [4.69, 9.17) is 4.74 Å². The van der Waals surface area contributed by atoms with Crippen LogP contribution in [0.1, 0.15) is 29.9 Å². The van der Waals surface area contributed by atoms with Gasteiger partial charge in [-0.3, -0.25) is 14.4 Å². The minimum absolute atomic E-state index is 0.103. The van der Waals surface area contributed by atoms with E-state index in [1.807, 2.05) is 20.0 Å². The second-order valence-electron chi connectivity index (χ2n) is 6.90. The lowest BCUT2D eigenvalue weighted by Gasteiger charge is -2.40. The number of nitrogens with one attached hydrogen (secondary N) is 1. The van der Waals surface area contributed by atoms with Crippen LogP contribution in [-0.4, -0.2) is 64.0 Å². The molecule has 7 heteroatoms. The Balaban J connectivity index is 1.69. The summed E-state index contributed by atoms with van der Waals surface area (Å²) in [6, 6.07) is 1.86. The lowest BCUT2D eigenvalue weighted by molar-refractivity contribution is -0.00923. The fraction of sp³-hybridized carbons (Fsp3) is 0.588. The molecule has 130 valence electrons. The van der Waals surface area contributed by atoms with E-state index in [0.29, 0.717) is 12.1 Å². The van der Waals surface area contributed by atoms with Crippen molar-refractivity contribution in [2.24, 2.45) is 7.05 Å². The molecular weight excluding hydrogens is 306 g/mol. The number of morpholine rings is 1. The van der Waals surface area contributed by atoms with Gasteiger partial charge in [-0.1, -0.05) is 0 Å². The van der Waals surface area contributed by atoms with Crippen molar-refractivity contribution in [2.75, 3.05) is 32.8 Å². The Hall–Kier alpha value is -1.99. The molecule has 1 saturated heterocycles. The quantitative estimate of drug-likeness (QED) is 0.909. The van der Waals surface area contributed by atoms with Gasteiger partial charge in [-0.05, 0) is 26.8 Å². The predicted octanol–water partition coefficient (Wildman–Crippen LogP) is 1.12. The van der Waals surface area contributed by atoms with Crippen LogP contribution >= 0.6 is 0 Å². The first-order valence-electron chi connectivity index (χ1n) is 8.29. The Morgan fingerprint density at radius 3 is 2.79 bits per heavy atom. The van der Waals surface area contributed by atoms with E-state index in [1.54, 1.807) is 10.9 Å². The largest absolute Gasteiger partial charge is 0.379 e. The molecule has 1 fully saturated rings. The SMILES string of the molecule is Cc1nn(C)c2ncc(C(=O)NCC(C)(C)N3CCOCC3)cc12. The second kappa shape index (κ2) is 6.49. The van der Waals surface area contributed by atoms with Gasteiger partial charge in [-0.15, -0.1) is 0 Å². The van der Waals surface area contributed by atoms with Crippen molar-refractivity contribution >= 4 is 16.9 Å². The molecule has 0 spiro atoms. The van der Waals surface area contributed by atoms with E-state index in [2.05, 4.69) is 34.1 Å². The molecule has 2 aromatic heterocycles. The number of nitrogens with zero attached hydrogens (tertiary/aromatic N) is 4. The van der Waals surface area contributed by atoms with E-state index in [0.717, 1.165) is 43.0 Å². The van der Waals surface area contributed by atoms with Gasteiger partial charge in [0.25, 0.3) is 5.91 Å². The summed E-state index contributed by atoms with van der Waals surface area (Å²) >= 11 is 0. The van der Waals surface area contributed by atoms with Crippen LogP contribution in [0.4, 0.5) is 0 Å². The first-order chi connectivity index (χ1) is 11.4. The van der Waals surface area contributed by atoms with Gasteiger partial charge in [-0.2, -0.15) is 5.10 Å². The smallest absolute Gasteiger partial charge is 0.252 e. The van der Waals surface area contributed by atoms with Crippen molar-refractivity contribution in [3.63, 3.8) is 0 Å². The van der Waals surface area contributed by atoms with Crippen molar-refractivity contribution in [2.45, 2.75) is 26.3 Å². The monoisotopic (exact) mass is 331 g/mol. The lowest BCUT2D eigenvalue weighted by atomic mass is 10.0. The molecule has 1 aliphatic rings. The molecule has 1 N–H and O–H groups in total. The Morgan fingerprint density at radius 1 is 1.38 bits per heavy atom. The van der Waals surface area contributed by atoms with E-state index >= 15 is 0 Å². The Morgan fingerprint density at radius 2 is 2.08 bits per heavy atom. The summed E-state index contributed by atoms with van der Waals surface area (Å²) in [5.74, 6) is -0.103. The minimum Gasteiger partial charge on any atom is -0.379 e. The number of amides is 1. The van der Waals surface area contributed by atoms with Crippen LogP contribution in [0.2, 0.25) is 0 Å². The number of aromatic nitrogens is 3. The van der Waals surface area contributed by atoms with E-state index in [9.17, 15) is 4.79 Å². The van der Waals surface area contributed by atoms with Crippen LogP contribution in [0.15, 0.2) is 12.3 Å². The van der Waals surface area contributed by atoms with Crippen LogP contribution in [0.5, 0.6) is 0 Å². The van der Waals surface area contributed by atoms with E-state index < -0.39 is 0 Å². The molecule has 0 bridgehead atoms. The molecule has 0 atom stereocenters. The molecule has 3 heterocycles. The highest BCUT2D eigenvalue weighted by Crippen LogP contribution is 2.18. The standard InChI is InChI=1S/C17H25N5O2/c1-12-14-9-13(10-18-15(14)21(4)20-12)16(23)19-11-17(2,3)22-5-7-24-8-6-22/h9-10H,5-8,11H2,1-4H3,(H,19,23). The number of pyridine rings is 1. The molecule has 0 saturated carbocycles. The zero-order valence-corrected chi connectivity index (χ0v) is 14.8. The molecule has 7 nitrogen and oxygen atoms in total. The average molecular weight is 331 g/mol. The van der Waals surface area contributed by atoms with E-state index in [1.165, 1.54) is 0 Å². The third kappa shape index (κ3) is 3.27. The zero-order valence-electron chi connectivity index (χ0n) is 14.8. The topological polar surface area (TPSA) is 72.3 Å². The number of fused-ring (bicyclic) bond motifs is 1. The molecule has 0 aromatic carbocycles. The molecule has 0 unspecified atom stereocenters. The van der Waals surface area contributed by atoms with Crippen LogP contribution in [-0.2, 0) is 11.8 Å². The van der Waals surface area contributed by atoms with Gasteiger partial charge < -0.3 is 10.1 Å². The third-order valence-corrected chi connectivity index (χ3v) is 4.67. The molecule has 0 radical (unpaired) electrons. The summed E-state index contributed by atoms with van der Waals surface area (Å²) in [4.78, 5) is 19.2. The summed E-state index contributed by atoms with van der Waals surface area (Å²) in [6.45, 7) is 10.1. The van der Waals surface area contributed by atoms with Gasteiger partial charge >= 0.3 is 0 Å². The van der Waals surface area contributed by atoms with Crippen molar-refractivity contribution in [1.82, 2.24) is 25.0 Å². The molecule has 0 aliphatic carbocycles. The van der Waals surface area contributed by atoms with Crippen LogP contribution in [0.25, 0.3) is 11.0 Å². The molecule has 24 heavy (non-hydrogen) atoms. The van der Waals surface area contributed by atoms with Gasteiger partial charge in [0.05, 0.1) is 24.5 Å². The van der Waals surface area contributed by atoms with Crippen molar-refractivity contribution in [1.29, 1.82) is 0 Å². The number of aryl methyl sites for hydroxylation is 2. The average Bonchev–Trinajstić information content (AvgIpc) is 2.87. The van der Waals surface area contributed by atoms with Gasteiger partial charge in [0.2, 0.25) is 0 Å². The van der Waals surface area contributed by atoms with Crippen molar-refractivity contribution < 1.29 is 9.53 Å². The van der Waals surface area contributed by atoms with Crippen LogP contribution in [0, 0.1) is 6.92 Å². The second-order valence-corrected chi connectivity index (χ2v) is 6.90. The minimum atomic E-state index is -0.110. The fourth-order valence-corrected chi connectivity index (χ4v) is 3.11. The van der Waals surface area contributed by atoms with Gasteiger partial charge in [-0.25, -0.2) is 4.98 Å². The summed E-state index contributed by atoms with van der Waals surface area (Å²) < 4.78 is 7.13. The maximum absolute atomic E-state index is 12.5. The lowest BCUT2D eigenvalue weighted by Crippen LogP contribution is -2.55. The molecule has 2 aromatic rings. The Labute approximate surface area is 142 Å². The summed E-state index contributed by atoms with van der Waals surface area (Å²) in [6.07, 6.45) is 1.61. The Bertz CT molecular complexity index is 747. The first-order valence-corrected chi connectivity index (χ1v) is 8.29. The number of rotatable bonds is 4. The fourth-order valence-electron chi connectivity index (χ4n) is 3.11. The summed E-state index contributed by atoms with van der Waals surface area (Å²) in [7, 11) is 1.85. The maximum Gasteiger partial charge on any atom is 0.252 e. The molecule has 1 amide bonds. The molecule has 1 aliphatic heterocycles. The third-order valence-electron chi connectivity index (χ3n) is 4.67. The number of hydrogen-bond donors (Lipinski definition) is 1. The maximum atomic E-state index is 12.5. The van der Waals surface area contributed by atoms with Gasteiger partial charge in [0, 0.05) is 43.8 Å². The summed E-state index contributed by atoms with van der Waals surface area (Å²) in [5, 5.41) is 8.29. The number of carbonyl (C=O) groups excluding carboxylic acids is 1. The highest BCUT2D eigenvalue weighted by molar-refractivity contribution is 5.97. The summed E-state index contributed by atoms with van der Waals surface area (Å²) in [5.41, 5.74) is 2.12. The number of ether oxygens (including phenoxy) is 1. The Kier molecular flexibility index (Phi) is 4.56.